The molecule has 0 saturated heterocycles. The molecule has 0 aliphatic rings. The predicted octanol–water partition coefficient (Wildman–Crippen LogP) is 1.37. The van der Waals surface area contributed by atoms with Crippen LogP contribution in [0.1, 0.15) is 13.3 Å². The Balaban J connectivity index is 3.02. The van der Waals surface area contributed by atoms with Crippen molar-refractivity contribution in [2.75, 3.05) is 5.75 Å². The fraction of sp³-hybridized carbons (Fsp3) is 0.400. The summed E-state index contributed by atoms with van der Waals surface area (Å²) in [6.45, 7) is 1.67. The molecule has 0 saturated carbocycles. The van der Waals surface area contributed by atoms with Crippen LogP contribution in [0.5, 0.6) is 0 Å². The summed E-state index contributed by atoms with van der Waals surface area (Å²) in [4.78, 5) is -0.350. The van der Waals surface area contributed by atoms with Crippen LogP contribution in [-0.4, -0.2) is 25.4 Å². The third-order valence-corrected chi connectivity index (χ3v) is 3.88. The molecular formula is C10H13FO3S. The third-order valence-electron chi connectivity index (χ3n) is 2.05. The zero-order chi connectivity index (χ0) is 11.5. The summed E-state index contributed by atoms with van der Waals surface area (Å²) in [5, 5.41) is 9.24. The van der Waals surface area contributed by atoms with Crippen LogP contribution in [0.4, 0.5) is 4.39 Å². The molecule has 1 aromatic carbocycles. The van der Waals surface area contributed by atoms with Gasteiger partial charge in [0.15, 0.2) is 9.84 Å². The minimum absolute atomic E-state index is 0.327. The van der Waals surface area contributed by atoms with Gasteiger partial charge in [-0.3, -0.25) is 0 Å². The molecule has 0 aliphatic heterocycles. The zero-order valence-electron chi connectivity index (χ0n) is 8.35. The molecule has 0 spiro atoms. The van der Waals surface area contributed by atoms with E-state index in [4.69, 9.17) is 0 Å². The van der Waals surface area contributed by atoms with Gasteiger partial charge in [0.1, 0.15) is 10.7 Å². The van der Waals surface area contributed by atoms with E-state index >= 15 is 0 Å². The average Bonchev–Trinajstić information content (AvgIpc) is 2.17. The van der Waals surface area contributed by atoms with Crippen LogP contribution in [0, 0.1) is 5.82 Å². The van der Waals surface area contributed by atoms with Gasteiger partial charge < -0.3 is 5.11 Å². The lowest BCUT2D eigenvalue weighted by Gasteiger charge is -2.09. The Morgan fingerprint density at radius 1 is 1.40 bits per heavy atom. The molecule has 0 heterocycles. The smallest absolute Gasteiger partial charge is 0.183 e. The van der Waals surface area contributed by atoms with E-state index in [-0.39, 0.29) is 4.90 Å². The molecule has 1 N–H and O–H groups in total. The Kier molecular flexibility index (Phi) is 3.82. The van der Waals surface area contributed by atoms with E-state index in [9.17, 15) is 17.9 Å². The maximum atomic E-state index is 13.2. The Bertz CT molecular complexity index is 428. The first kappa shape index (κ1) is 12.1. The molecule has 1 atom stereocenters. The molecule has 0 amide bonds. The van der Waals surface area contributed by atoms with Crippen LogP contribution in [0.3, 0.4) is 0 Å². The first-order chi connectivity index (χ1) is 6.97. The lowest BCUT2D eigenvalue weighted by atomic mass is 10.3. The topological polar surface area (TPSA) is 54.4 Å². The van der Waals surface area contributed by atoms with Crippen LogP contribution in [0.2, 0.25) is 0 Å². The number of sulfone groups is 1. The van der Waals surface area contributed by atoms with Crippen LogP contribution < -0.4 is 0 Å². The minimum atomic E-state index is -3.73. The van der Waals surface area contributed by atoms with Gasteiger partial charge in [-0.05, 0) is 18.6 Å². The summed E-state index contributed by atoms with van der Waals surface area (Å²) in [6.07, 6.45) is -0.622. The quantitative estimate of drug-likeness (QED) is 0.853. The molecule has 3 nitrogen and oxygen atoms in total. The minimum Gasteiger partial charge on any atom is -0.392 e. The van der Waals surface area contributed by atoms with E-state index in [1.165, 1.54) is 18.2 Å². The predicted molar refractivity (Wildman–Crippen MR) is 54.8 cm³/mol. The van der Waals surface area contributed by atoms with Crippen molar-refractivity contribution >= 4 is 9.84 Å². The summed E-state index contributed by atoms with van der Waals surface area (Å²) in [5.74, 6) is -1.22. The highest BCUT2D eigenvalue weighted by Crippen LogP contribution is 2.16. The number of aliphatic hydroxyl groups is 1. The van der Waals surface area contributed by atoms with Gasteiger partial charge in [0, 0.05) is 0 Å². The van der Waals surface area contributed by atoms with E-state index in [2.05, 4.69) is 0 Å². The highest BCUT2D eigenvalue weighted by molar-refractivity contribution is 7.91. The van der Waals surface area contributed by atoms with Gasteiger partial charge in [-0.25, -0.2) is 12.8 Å². The summed E-state index contributed by atoms with van der Waals surface area (Å²) in [6, 6.07) is 5.16. The molecule has 15 heavy (non-hydrogen) atoms. The number of aliphatic hydroxyl groups excluding tert-OH is 1. The van der Waals surface area contributed by atoms with Crippen LogP contribution in [-0.2, 0) is 9.84 Å². The van der Waals surface area contributed by atoms with Crippen LogP contribution in [0.15, 0.2) is 29.2 Å². The number of hydrogen-bond acceptors (Lipinski definition) is 3. The van der Waals surface area contributed by atoms with Crippen molar-refractivity contribution in [2.45, 2.75) is 24.3 Å². The maximum absolute atomic E-state index is 13.2. The van der Waals surface area contributed by atoms with E-state index in [1.807, 2.05) is 0 Å². The number of halogens is 1. The lowest BCUT2D eigenvalue weighted by molar-refractivity contribution is 0.193. The second kappa shape index (κ2) is 4.72. The van der Waals surface area contributed by atoms with Gasteiger partial charge in [-0.2, -0.15) is 0 Å². The molecule has 0 fully saturated rings. The fourth-order valence-electron chi connectivity index (χ4n) is 1.16. The Morgan fingerprint density at radius 3 is 2.53 bits per heavy atom. The largest absolute Gasteiger partial charge is 0.392 e. The van der Waals surface area contributed by atoms with E-state index in [0.717, 1.165) is 6.07 Å². The molecule has 5 heteroatoms. The zero-order valence-corrected chi connectivity index (χ0v) is 9.17. The molecule has 0 aliphatic carbocycles. The van der Waals surface area contributed by atoms with E-state index < -0.39 is 27.5 Å². The molecule has 1 rings (SSSR count). The second-order valence-electron chi connectivity index (χ2n) is 3.27. The standard InChI is InChI=1S/C10H13FO3S/c1-2-8(12)7-15(13,14)10-6-4-3-5-9(10)11/h3-6,8,12H,2,7H2,1H3. The molecule has 0 radical (unpaired) electrons. The summed E-state index contributed by atoms with van der Waals surface area (Å²) >= 11 is 0. The summed E-state index contributed by atoms with van der Waals surface area (Å²) in [7, 11) is -3.73. The molecule has 1 aromatic rings. The monoisotopic (exact) mass is 232 g/mol. The maximum Gasteiger partial charge on any atom is 0.183 e. The van der Waals surface area contributed by atoms with Gasteiger partial charge in [-0.15, -0.1) is 0 Å². The molecule has 84 valence electrons. The highest BCUT2D eigenvalue weighted by atomic mass is 32.2. The van der Waals surface area contributed by atoms with Gasteiger partial charge in [-0.1, -0.05) is 19.1 Å². The van der Waals surface area contributed by atoms with Crippen molar-refractivity contribution in [1.29, 1.82) is 0 Å². The van der Waals surface area contributed by atoms with Crippen LogP contribution in [0.25, 0.3) is 0 Å². The van der Waals surface area contributed by atoms with Gasteiger partial charge in [0.2, 0.25) is 0 Å². The van der Waals surface area contributed by atoms with Gasteiger partial charge >= 0.3 is 0 Å². The van der Waals surface area contributed by atoms with Crippen molar-refractivity contribution in [1.82, 2.24) is 0 Å². The third kappa shape index (κ3) is 3.00. The molecular weight excluding hydrogens is 219 g/mol. The average molecular weight is 232 g/mol. The summed E-state index contributed by atoms with van der Waals surface area (Å²) < 4.78 is 36.4. The number of rotatable bonds is 4. The van der Waals surface area contributed by atoms with Gasteiger partial charge in [0.05, 0.1) is 11.9 Å². The Hall–Kier alpha value is -0.940. The van der Waals surface area contributed by atoms with Gasteiger partial charge in [0.25, 0.3) is 0 Å². The second-order valence-corrected chi connectivity index (χ2v) is 5.28. The highest BCUT2D eigenvalue weighted by Gasteiger charge is 2.21. The van der Waals surface area contributed by atoms with E-state index in [1.54, 1.807) is 6.92 Å². The molecule has 0 aromatic heterocycles. The first-order valence-electron chi connectivity index (χ1n) is 4.62. The van der Waals surface area contributed by atoms with Crippen molar-refractivity contribution in [3.05, 3.63) is 30.1 Å². The van der Waals surface area contributed by atoms with Crippen molar-refractivity contribution in [3.63, 3.8) is 0 Å². The lowest BCUT2D eigenvalue weighted by Crippen LogP contribution is -2.20. The summed E-state index contributed by atoms with van der Waals surface area (Å²) in [5.41, 5.74) is 0. The van der Waals surface area contributed by atoms with Crippen molar-refractivity contribution in [2.24, 2.45) is 0 Å². The van der Waals surface area contributed by atoms with E-state index in [0.29, 0.717) is 6.42 Å². The first-order valence-corrected chi connectivity index (χ1v) is 6.28. The number of benzene rings is 1. The van der Waals surface area contributed by atoms with Crippen molar-refractivity contribution < 1.29 is 17.9 Å². The Labute approximate surface area is 88.5 Å². The Morgan fingerprint density at radius 2 is 2.00 bits per heavy atom. The number of hydrogen-bond donors (Lipinski definition) is 1. The fourth-order valence-corrected chi connectivity index (χ4v) is 2.73. The molecule has 0 bridgehead atoms. The molecule has 1 unspecified atom stereocenters. The SMILES string of the molecule is CCC(O)CS(=O)(=O)c1ccccc1F. The van der Waals surface area contributed by atoms with Crippen LogP contribution >= 0.6 is 0 Å². The van der Waals surface area contributed by atoms with Crippen molar-refractivity contribution in [3.8, 4) is 0 Å². The normalized spacial score (nSPS) is 13.8.